The van der Waals surface area contributed by atoms with Gasteiger partial charge in [-0.25, -0.2) is 9.78 Å². The fourth-order valence-corrected chi connectivity index (χ4v) is 3.05. The van der Waals surface area contributed by atoms with Crippen LogP contribution >= 0.6 is 11.3 Å². The highest BCUT2D eigenvalue weighted by Crippen LogP contribution is 2.27. The number of benzene rings is 1. The number of amides is 1. The molecule has 7 nitrogen and oxygen atoms in total. The van der Waals surface area contributed by atoms with E-state index in [1.54, 1.807) is 6.92 Å². The van der Waals surface area contributed by atoms with E-state index in [1.165, 1.54) is 28.3 Å². The minimum atomic E-state index is -1.13. The van der Waals surface area contributed by atoms with E-state index in [-0.39, 0.29) is 11.6 Å². The van der Waals surface area contributed by atoms with E-state index >= 15 is 0 Å². The number of hydrogen-bond donors (Lipinski definition) is 2. The molecule has 118 valence electrons. The molecule has 0 spiro atoms. The molecule has 23 heavy (non-hydrogen) atoms. The van der Waals surface area contributed by atoms with Gasteiger partial charge in [0.25, 0.3) is 5.91 Å². The zero-order valence-corrected chi connectivity index (χ0v) is 13.3. The lowest BCUT2D eigenvalue weighted by Gasteiger charge is -2.10. The van der Waals surface area contributed by atoms with Crippen LogP contribution in [-0.2, 0) is 4.79 Å². The third kappa shape index (κ3) is 3.07. The van der Waals surface area contributed by atoms with Gasteiger partial charge in [-0.1, -0.05) is 17.4 Å². The number of aryl methyl sites for hydroxylation is 1. The van der Waals surface area contributed by atoms with E-state index in [0.717, 1.165) is 15.8 Å². The van der Waals surface area contributed by atoms with Gasteiger partial charge in [-0.2, -0.15) is 5.10 Å². The van der Waals surface area contributed by atoms with E-state index < -0.39 is 12.0 Å². The van der Waals surface area contributed by atoms with Crippen LogP contribution in [0.5, 0.6) is 0 Å². The first-order valence-electron chi connectivity index (χ1n) is 6.90. The number of carbonyl (C=O) groups is 2. The van der Waals surface area contributed by atoms with Crippen molar-refractivity contribution in [3.8, 4) is 0 Å². The molecule has 8 heteroatoms. The Balaban J connectivity index is 1.77. The van der Waals surface area contributed by atoms with Crippen molar-refractivity contribution in [3.05, 3.63) is 41.7 Å². The Hall–Kier alpha value is -2.74. The Morgan fingerprint density at radius 1 is 1.35 bits per heavy atom. The van der Waals surface area contributed by atoms with Crippen LogP contribution in [0.1, 0.15) is 29.0 Å². The molecular formula is C15H14N4O3S. The second-order valence-electron chi connectivity index (χ2n) is 5.14. The van der Waals surface area contributed by atoms with Gasteiger partial charge in [0.15, 0.2) is 10.8 Å². The molecule has 0 radical (unpaired) electrons. The van der Waals surface area contributed by atoms with Crippen molar-refractivity contribution >= 4 is 38.6 Å². The summed E-state index contributed by atoms with van der Waals surface area (Å²) in [6.45, 7) is 3.64. The smallest absolute Gasteiger partial charge is 0.356 e. The van der Waals surface area contributed by atoms with E-state index in [1.807, 2.05) is 25.1 Å². The minimum absolute atomic E-state index is 0.0971. The van der Waals surface area contributed by atoms with Crippen LogP contribution in [0.3, 0.4) is 0 Å². The molecular weight excluding hydrogens is 316 g/mol. The second-order valence-corrected chi connectivity index (χ2v) is 6.17. The Bertz CT molecular complexity index is 899. The third-order valence-corrected chi connectivity index (χ3v) is 4.31. The van der Waals surface area contributed by atoms with Gasteiger partial charge < -0.3 is 10.4 Å². The zero-order valence-electron chi connectivity index (χ0n) is 12.5. The average Bonchev–Trinajstić information content (AvgIpc) is 3.12. The van der Waals surface area contributed by atoms with Gasteiger partial charge in [0.1, 0.15) is 6.04 Å². The van der Waals surface area contributed by atoms with Crippen molar-refractivity contribution < 1.29 is 14.7 Å². The van der Waals surface area contributed by atoms with Gasteiger partial charge in [-0.15, -0.1) is 0 Å². The molecule has 1 aromatic carbocycles. The predicted octanol–water partition coefficient (Wildman–Crippen LogP) is 2.70. The number of carbonyl (C=O) groups excluding carboxylic acids is 1. The summed E-state index contributed by atoms with van der Waals surface area (Å²) < 4.78 is 2.32. The lowest BCUT2D eigenvalue weighted by atomic mass is 10.2. The summed E-state index contributed by atoms with van der Waals surface area (Å²) in [6, 6.07) is 6.60. The van der Waals surface area contributed by atoms with Crippen molar-refractivity contribution in [3.63, 3.8) is 0 Å². The van der Waals surface area contributed by atoms with Crippen LogP contribution in [0.4, 0.5) is 5.13 Å². The molecule has 0 aliphatic rings. The van der Waals surface area contributed by atoms with Crippen molar-refractivity contribution in [1.29, 1.82) is 0 Å². The van der Waals surface area contributed by atoms with Crippen molar-refractivity contribution in [2.45, 2.75) is 19.9 Å². The maximum absolute atomic E-state index is 12.3. The highest BCUT2D eigenvalue weighted by atomic mass is 32.1. The lowest BCUT2D eigenvalue weighted by Crippen LogP contribution is -2.24. The number of rotatable bonds is 4. The summed E-state index contributed by atoms with van der Waals surface area (Å²) in [5.74, 6) is -1.43. The molecule has 1 unspecified atom stereocenters. The monoisotopic (exact) mass is 330 g/mol. The van der Waals surface area contributed by atoms with Gasteiger partial charge in [0, 0.05) is 6.20 Å². The first-order chi connectivity index (χ1) is 10.9. The second kappa shape index (κ2) is 5.81. The molecule has 1 amide bonds. The van der Waals surface area contributed by atoms with Crippen LogP contribution in [0.25, 0.3) is 10.2 Å². The highest BCUT2D eigenvalue weighted by molar-refractivity contribution is 7.22. The van der Waals surface area contributed by atoms with E-state index in [9.17, 15) is 9.59 Å². The number of hydrogen-bond acceptors (Lipinski definition) is 5. The van der Waals surface area contributed by atoms with Crippen LogP contribution < -0.4 is 5.32 Å². The molecule has 2 aromatic heterocycles. The molecule has 2 N–H and O–H groups in total. The molecule has 3 aromatic rings. The fraction of sp³-hybridized carbons (Fsp3) is 0.200. The number of carboxylic acids is 1. The number of nitrogens with one attached hydrogen (secondary N) is 1. The Labute approximate surface area is 135 Å². The topological polar surface area (TPSA) is 97.1 Å². The van der Waals surface area contributed by atoms with E-state index in [2.05, 4.69) is 15.4 Å². The summed E-state index contributed by atoms with van der Waals surface area (Å²) in [5.41, 5.74) is 1.86. The highest BCUT2D eigenvalue weighted by Gasteiger charge is 2.19. The van der Waals surface area contributed by atoms with Crippen molar-refractivity contribution in [2.75, 3.05) is 5.32 Å². The SMILES string of the molecule is Cc1ccc2nc(NC(=O)C(C)n3ccc(C(=O)O)n3)sc2c1. The number of anilines is 1. The number of carboxylic acid groups (broad SMARTS) is 1. The Kier molecular flexibility index (Phi) is 3.83. The number of aromatic carboxylic acids is 1. The van der Waals surface area contributed by atoms with Crippen LogP contribution in [0.15, 0.2) is 30.5 Å². The summed E-state index contributed by atoms with van der Waals surface area (Å²) in [4.78, 5) is 27.5. The van der Waals surface area contributed by atoms with E-state index in [4.69, 9.17) is 5.11 Å². The molecule has 2 heterocycles. The summed E-state index contributed by atoms with van der Waals surface area (Å²) >= 11 is 1.40. The maximum atomic E-state index is 12.3. The van der Waals surface area contributed by atoms with Crippen LogP contribution in [0, 0.1) is 6.92 Å². The molecule has 0 aliphatic heterocycles. The zero-order chi connectivity index (χ0) is 16.6. The average molecular weight is 330 g/mol. The normalized spacial score (nSPS) is 12.3. The number of nitrogens with zero attached hydrogens (tertiary/aromatic N) is 3. The van der Waals surface area contributed by atoms with Crippen molar-refractivity contribution in [1.82, 2.24) is 14.8 Å². The fourth-order valence-electron chi connectivity index (χ4n) is 2.08. The van der Waals surface area contributed by atoms with E-state index in [0.29, 0.717) is 5.13 Å². The van der Waals surface area contributed by atoms with Gasteiger partial charge >= 0.3 is 5.97 Å². The van der Waals surface area contributed by atoms with Gasteiger partial charge in [0.05, 0.1) is 10.2 Å². The van der Waals surface area contributed by atoms with Gasteiger partial charge in [0.2, 0.25) is 0 Å². The molecule has 0 saturated carbocycles. The summed E-state index contributed by atoms with van der Waals surface area (Å²) in [7, 11) is 0. The number of fused-ring (bicyclic) bond motifs is 1. The minimum Gasteiger partial charge on any atom is -0.476 e. The molecule has 0 saturated heterocycles. The third-order valence-electron chi connectivity index (χ3n) is 3.38. The first kappa shape index (κ1) is 15.2. The molecule has 0 bridgehead atoms. The Morgan fingerprint density at radius 2 is 2.13 bits per heavy atom. The van der Waals surface area contributed by atoms with Crippen LogP contribution in [0.2, 0.25) is 0 Å². The van der Waals surface area contributed by atoms with Gasteiger partial charge in [-0.3, -0.25) is 9.48 Å². The first-order valence-corrected chi connectivity index (χ1v) is 7.72. The largest absolute Gasteiger partial charge is 0.476 e. The summed E-state index contributed by atoms with van der Waals surface area (Å²) in [6.07, 6.45) is 1.47. The number of thiazole rings is 1. The predicted molar refractivity (Wildman–Crippen MR) is 86.9 cm³/mol. The maximum Gasteiger partial charge on any atom is 0.356 e. The molecule has 1 atom stereocenters. The van der Waals surface area contributed by atoms with Gasteiger partial charge in [-0.05, 0) is 37.6 Å². The lowest BCUT2D eigenvalue weighted by molar-refractivity contribution is -0.119. The molecule has 0 aliphatic carbocycles. The standard InChI is InChI=1S/C15H14N4O3S/c1-8-3-4-10-12(7-8)23-15(16-10)17-13(20)9(2)19-6-5-11(18-19)14(21)22/h3-7,9H,1-2H3,(H,21,22)(H,16,17,20). The van der Waals surface area contributed by atoms with Crippen molar-refractivity contribution in [2.24, 2.45) is 0 Å². The summed E-state index contributed by atoms with van der Waals surface area (Å²) in [5, 5.41) is 16.0. The quantitative estimate of drug-likeness (QED) is 0.766. The molecule has 0 fully saturated rings. The number of aromatic nitrogens is 3. The Morgan fingerprint density at radius 3 is 2.83 bits per heavy atom. The molecule has 3 rings (SSSR count). The van der Waals surface area contributed by atoms with Crippen LogP contribution in [-0.4, -0.2) is 31.7 Å².